The van der Waals surface area contributed by atoms with Crippen LogP contribution in [0.15, 0.2) is 36.7 Å². The molecule has 0 fully saturated rings. The lowest BCUT2D eigenvalue weighted by molar-refractivity contribution is 0.102. The molecule has 2 rings (SSSR count). The van der Waals surface area contributed by atoms with E-state index in [0.717, 1.165) is 24.2 Å². The maximum atomic E-state index is 12.1. The first kappa shape index (κ1) is 14.0. The van der Waals surface area contributed by atoms with Crippen molar-refractivity contribution in [2.75, 3.05) is 17.2 Å². The third-order valence-electron chi connectivity index (χ3n) is 2.84. The average molecular weight is 270 g/mol. The number of aromatic nitrogens is 2. The van der Waals surface area contributed by atoms with Crippen molar-refractivity contribution < 1.29 is 4.79 Å². The summed E-state index contributed by atoms with van der Waals surface area (Å²) < 4.78 is 0. The fourth-order valence-electron chi connectivity index (χ4n) is 1.68. The van der Waals surface area contributed by atoms with E-state index >= 15 is 0 Å². The Morgan fingerprint density at radius 1 is 1.20 bits per heavy atom. The van der Waals surface area contributed by atoms with Gasteiger partial charge >= 0.3 is 0 Å². The summed E-state index contributed by atoms with van der Waals surface area (Å²) in [6.07, 6.45) is 4.05. The number of carbonyl (C=O) groups excluding carboxylic acids is 1. The number of rotatable bonds is 5. The molecule has 0 aliphatic heterocycles. The molecule has 2 N–H and O–H groups in total. The van der Waals surface area contributed by atoms with Gasteiger partial charge in [-0.15, -0.1) is 0 Å². The fourth-order valence-corrected chi connectivity index (χ4v) is 1.68. The summed E-state index contributed by atoms with van der Waals surface area (Å²) >= 11 is 0. The van der Waals surface area contributed by atoms with Crippen LogP contribution in [-0.4, -0.2) is 22.4 Å². The van der Waals surface area contributed by atoms with Crippen LogP contribution in [0.25, 0.3) is 0 Å². The van der Waals surface area contributed by atoms with E-state index in [0.29, 0.717) is 11.5 Å². The first-order valence-corrected chi connectivity index (χ1v) is 6.63. The minimum atomic E-state index is -0.207. The molecule has 0 bridgehead atoms. The third-order valence-corrected chi connectivity index (χ3v) is 2.84. The molecule has 0 spiro atoms. The van der Waals surface area contributed by atoms with Crippen molar-refractivity contribution in [1.82, 2.24) is 9.97 Å². The summed E-state index contributed by atoms with van der Waals surface area (Å²) in [5.74, 6) is 0.334. The molecule has 1 amide bonds. The topological polar surface area (TPSA) is 66.9 Å². The molecule has 5 nitrogen and oxygen atoms in total. The Balaban J connectivity index is 2.04. The van der Waals surface area contributed by atoms with Crippen LogP contribution >= 0.6 is 0 Å². The van der Waals surface area contributed by atoms with Gasteiger partial charge in [0.25, 0.3) is 5.91 Å². The van der Waals surface area contributed by atoms with E-state index in [4.69, 9.17) is 0 Å². The second-order valence-electron chi connectivity index (χ2n) is 4.49. The van der Waals surface area contributed by atoms with Gasteiger partial charge in [-0.05, 0) is 25.0 Å². The standard InChI is InChI=1S/C15H18N4O/c1-3-8-16-15-17-9-12(10-18-15)14(20)19-13-7-5-4-6-11(13)2/h4-7,9-10H,3,8H2,1-2H3,(H,19,20)(H,16,17,18). The smallest absolute Gasteiger partial charge is 0.258 e. The summed E-state index contributed by atoms with van der Waals surface area (Å²) in [5, 5.41) is 5.92. The number of nitrogens with zero attached hydrogens (tertiary/aromatic N) is 2. The van der Waals surface area contributed by atoms with Crippen molar-refractivity contribution in [3.63, 3.8) is 0 Å². The van der Waals surface area contributed by atoms with E-state index < -0.39 is 0 Å². The van der Waals surface area contributed by atoms with Crippen LogP contribution in [-0.2, 0) is 0 Å². The predicted octanol–water partition coefficient (Wildman–Crippen LogP) is 2.86. The lowest BCUT2D eigenvalue weighted by atomic mass is 10.2. The minimum absolute atomic E-state index is 0.207. The molecule has 0 unspecified atom stereocenters. The molecule has 5 heteroatoms. The van der Waals surface area contributed by atoms with Gasteiger partial charge < -0.3 is 10.6 Å². The van der Waals surface area contributed by atoms with Gasteiger partial charge in [0.1, 0.15) is 0 Å². The predicted molar refractivity (Wildman–Crippen MR) is 79.9 cm³/mol. The van der Waals surface area contributed by atoms with Gasteiger partial charge in [0, 0.05) is 24.6 Å². The average Bonchev–Trinajstić information content (AvgIpc) is 2.48. The normalized spacial score (nSPS) is 10.1. The first-order valence-electron chi connectivity index (χ1n) is 6.63. The number of hydrogen-bond acceptors (Lipinski definition) is 4. The first-order chi connectivity index (χ1) is 9.70. The maximum Gasteiger partial charge on any atom is 0.258 e. The third kappa shape index (κ3) is 3.54. The number of carbonyl (C=O) groups is 1. The number of aryl methyl sites for hydroxylation is 1. The Bertz CT molecular complexity index is 581. The van der Waals surface area contributed by atoms with Gasteiger partial charge in [-0.3, -0.25) is 4.79 Å². The van der Waals surface area contributed by atoms with Crippen molar-refractivity contribution in [1.29, 1.82) is 0 Å². The second kappa shape index (κ2) is 6.65. The van der Waals surface area contributed by atoms with Crippen LogP contribution < -0.4 is 10.6 Å². The van der Waals surface area contributed by atoms with E-state index in [-0.39, 0.29) is 5.91 Å². The summed E-state index contributed by atoms with van der Waals surface area (Å²) in [6.45, 7) is 4.83. The molecule has 1 aromatic heterocycles. The summed E-state index contributed by atoms with van der Waals surface area (Å²) in [6, 6.07) is 7.63. The van der Waals surface area contributed by atoms with Gasteiger partial charge in [-0.2, -0.15) is 0 Å². The SMILES string of the molecule is CCCNc1ncc(C(=O)Nc2ccccc2C)cn1. The van der Waals surface area contributed by atoms with Gasteiger partial charge in [0.05, 0.1) is 5.56 Å². The molecule has 0 saturated carbocycles. The Labute approximate surface area is 118 Å². The highest BCUT2D eigenvalue weighted by molar-refractivity contribution is 6.04. The monoisotopic (exact) mass is 270 g/mol. The summed E-state index contributed by atoms with van der Waals surface area (Å²) in [4.78, 5) is 20.3. The van der Waals surface area contributed by atoms with Crippen LogP contribution in [0.4, 0.5) is 11.6 Å². The van der Waals surface area contributed by atoms with E-state index in [1.54, 1.807) is 0 Å². The quantitative estimate of drug-likeness (QED) is 0.876. The van der Waals surface area contributed by atoms with Crippen LogP contribution in [0.1, 0.15) is 29.3 Å². The summed E-state index contributed by atoms with van der Waals surface area (Å²) in [7, 11) is 0. The van der Waals surface area contributed by atoms with Gasteiger partial charge in [0.15, 0.2) is 0 Å². The van der Waals surface area contributed by atoms with Crippen molar-refractivity contribution in [2.45, 2.75) is 20.3 Å². The Hall–Kier alpha value is -2.43. The molecule has 0 aliphatic rings. The molecular weight excluding hydrogens is 252 g/mol. The van der Waals surface area contributed by atoms with Gasteiger partial charge in [0.2, 0.25) is 5.95 Å². The van der Waals surface area contributed by atoms with Gasteiger partial charge in [-0.25, -0.2) is 9.97 Å². The zero-order chi connectivity index (χ0) is 14.4. The van der Waals surface area contributed by atoms with E-state index in [1.807, 2.05) is 31.2 Å². The number of amides is 1. The Morgan fingerprint density at radius 2 is 1.90 bits per heavy atom. The minimum Gasteiger partial charge on any atom is -0.354 e. The van der Waals surface area contributed by atoms with Crippen LogP contribution in [0.5, 0.6) is 0 Å². The van der Waals surface area contributed by atoms with E-state index in [1.165, 1.54) is 12.4 Å². The highest BCUT2D eigenvalue weighted by Gasteiger charge is 2.08. The Kier molecular flexibility index (Phi) is 4.65. The molecule has 1 aromatic carbocycles. The molecule has 104 valence electrons. The molecule has 1 heterocycles. The molecule has 20 heavy (non-hydrogen) atoms. The highest BCUT2D eigenvalue weighted by Crippen LogP contribution is 2.14. The van der Waals surface area contributed by atoms with Crippen molar-refractivity contribution in [3.8, 4) is 0 Å². The zero-order valence-electron chi connectivity index (χ0n) is 11.7. The van der Waals surface area contributed by atoms with Crippen LogP contribution in [0, 0.1) is 6.92 Å². The second-order valence-corrected chi connectivity index (χ2v) is 4.49. The molecule has 0 aliphatic carbocycles. The zero-order valence-corrected chi connectivity index (χ0v) is 11.7. The molecule has 0 atom stereocenters. The molecule has 0 radical (unpaired) electrons. The lowest BCUT2D eigenvalue weighted by Gasteiger charge is -2.08. The van der Waals surface area contributed by atoms with E-state index in [2.05, 4.69) is 27.5 Å². The number of nitrogens with one attached hydrogen (secondary N) is 2. The fraction of sp³-hybridized carbons (Fsp3) is 0.267. The molecular formula is C15H18N4O. The van der Waals surface area contributed by atoms with Crippen molar-refractivity contribution in [3.05, 3.63) is 47.8 Å². The number of hydrogen-bond donors (Lipinski definition) is 2. The van der Waals surface area contributed by atoms with Gasteiger partial charge in [-0.1, -0.05) is 25.1 Å². The van der Waals surface area contributed by atoms with Crippen LogP contribution in [0.2, 0.25) is 0 Å². The van der Waals surface area contributed by atoms with Crippen molar-refractivity contribution >= 4 is 17.5 Å². The summed E-state index contributed by atoms with van der Waals surface area (Å²) in [5.41, 5.74) is 2.25. The maximum absolute atomic E-state index is 12.1. The van der Waals surface area contributed by atoms with Crippen LogP contribution in [0.3, 0.4) is 0 Å². The molecule has 2 aromatic rings. The number of para-hydroxylation sites is 1. The lowest BCUT2D eigenvalue weighted by Crippen LogP contribution is -2.14. The number of anilines is 2. The highest BCUT2D eigenvalue weighted by atomic mass is 16.1. The molecule has 0 saturated heterocycles. The van der Waals surface area contributed by atoms with Crippen molar-refractivity contribution in [2.24, 2.45) is 0 Å². The Morgan fingerprint density at radius 3 is 2.55 bits per heavy atom. The number of benzene rings is 1. The van der Waals surface area contributed by atoms with E-state index in [9.17, 15) is 4.79 Å². The largest absolute Gasteiger partial charge is 0.354 e.